The summed E-state index contributed by atoms with van der Waals surface area (Å²) in [6.07, 6.45) is 1.58. The largest absolute Gasteiger partial charge is 0.454 e. The van der Waals surface area contributed by atoms with Crippen LogP contribution in [-0.2, 0) is 4.74 Å². The maximum absolute atomic E-state index is 12.1. The highest BCUT2D eigenvalue weighted by Gasteiger charge is 2.15. The molecule has 3 aromatic rings. The number of aromatic amines is 1. The number of nitrogens with one attached hydrogen (secondary N) is 1. The summed E-state index contributed by atoms with van der Waals surface area (Å²) in [7, 11) is 0. The third kappa shape index (κ3) is 2.87. The molecule has 0 aliphatic rings. The molecule has 0 aliphatic carbocycles. The molecule has 0 saturated heterocycles. The number of rotatable bonds is 4. The number of H-pyrrole nitrogens is 1. The van der Waals surface area contributed by atoms with Crippen molar-refractivity contribution in [2.24, 2.45) is 0 Å². The molecule has 110 valence electrons. The minimum atomic E-state index is -0.528. The van der Waals surface area contributed by atoms with Gasteiger partial charge in [-0.25, -0.2) is 4.79 Å². The van der Waals surface area contributed by atoms with Gasteiger partial charge in [-0.05, 0) is 30.3 Å². The molecular weight excluding hydrogens is 302 g/mol. The second kappa shape index (κ2) is 6.03. The first-order valence-electron chi connectivity index (χ1n) is 6.67. The zero-order chi connectivity index (χ0) is 15.5. The van der Waals surface area contributed by atoms with Gasteiger partial charge in [-0.1, -0.05) is 29.8 Å². The summed E-state index contributed by atoms with van der Waals surface area (Å²) >= 11 is 5.77. The van der Waals surface area contributed by atoms with Crippen molar-refractivity contribution in [3.63, 3.8) is 0 Å². The highest BCUT2D eigenvalue weighted by Crippen LogP contribution is 2.18. The monoisotopic (exact) mass is 313 g/mol. The van der Waals surface area contributed by atoms with Crippen LogP contribution in [-0.4, -0.2) is 23.3 Å². The number of hydrogen-bond donors (Lipinski definition) is 1. The summed E-state index contributed by atoms with van der Waals surface area (Å²) in [5.41, 5.74) is 1.72. The van der Waals surface area contributed by atoms with E-state index in [1.54, 1.807) is 30.5 Å². The molecule has 0 saturated carbocycles. The molecule has 0 fully saturated rings. The second-order valence-electron chi connectivity index (χ2n) is 4.75. The van der Waals surface area contributed by atoms with Crippen LogP contribution in [0.4, 0.5) is 0 Å². The fourth-order valence-corrected chi connectivity index (χ4v) is 2.29. The summed E-state index contributed by atoms with van der Waals surface area (Å²) in [6, 6.07) is 13.8. The van der Waals surface area contributed by atoms with Gasteiger partial charge in [0.1, 0.15) is 0 Å². The molecule has 22 heavy (non-hydrogen) atoms. The molecular formula is C17H12ClNO3. The van der Waals surface area contributed by atoms with Gasteiger partial charge in [-0.15, -0.1) is 0 Å². The number of carbonyl (C=O) groups excluding carboxylic acids is 2. The predicted molar refractivity (Wildman–Crippen MR) is 84.4 cm³/mol. The van der Waals surface area contributed by atoms with Crippen molar-refractivity contribution < 1.29 is 14.3 Å². The lowest BCUT2D eigenvalue weighted by Gasteiger charge is -2.04. The first-order chi connectivity index (χ1) is 10.6. The Labute approximate surface area is 131 Å². The van der Waals surface area contributed by atoms with Crippen LogP contribution in [0, 0.1) is 0 Å². The fourth-order valence-electron chi connectivity index (χ4n) is 2.17. The van der Waals surface area contributed by atoms with Crippen molar-refractivity contribution in [1.82, 2.24) is 4.98 Å². The van der Waals surface area contributed by atoms with E-state index in [1.807, 2.05) is 24.3 Å². The van der Waals surface area contributed by atoms with E-state index in [4.69, 9.17) is 16.3 Å². The van der Waals surface area contributed by atoms with E-state index >= 15 is 0 Å². The number of para-hydroxylation sites is 1. The van der Waals surface area contributed by atoms with E-state index < -0.39 is 5.97 Å². The van der Waals surface area contributed by atoms with Crippen LogP contribution in [0.5, 0.6) is 0 Å². The van der Waals surface area contributed by atoms with Crippen molar-refractivity contribution in [2.75, 3.05) is 6.61 Å². The Morgan fingerprint density at radius 3 is 2.55 bits per heavy atom. The topological polar surface area (TPSA) is 59.2 Å². The molecule has 1 aromatic heterocycles. The van der Waals surface area contributed by atoms with E-state index in [-0.39, 0.29) is 12.4 Å². The SMILES string of the molecule is O=C(COC(=O)c1c[nH]c2ccccc12)c1ccc(Cl)cc1. The Morgan fingerprint density at radius 2 is 1.77 bits per heavy atom. The summed E-state index contributed by atoms with van der Waals surface area (Å²) in [5, 5.41) is 1.32. The third-order valence-electron chi connectivity index (χ3n) is 3.31. The van der Waals surface area contributed by atoms with E-state index in [1.165, 1.54) is 0 Å². The van der Waals surface area contributed by atoms with Crippen molar-refractivity contribution in [3.8, 4) is 0 Å². The number of fused-ring (bicyclic) bond motifs is 1. The number of esters is 1. The number of Topliss-reactive ketones (excluding diaryl/α,β-unsaturated/α-hetero) is 1. The number of hydrogen-bond acceptors (Lipinski definition) is 3. The van der Waals surface area contributed by atoms with Crippen LogP contribution in [0.3, 0.4) is 0 Å². The van der Waals surface area contributed by atoms with E-state index in [0.29, 0.717) is 16.1 Å². The average Bonchev–Trinajstić information content (AvgIpc) is 2.97. The van der Waals surface area contributed by atoms with Gasteiger partial charge in [0.15, 0.2) is 12.4 Å². The lowest BCUT2D eigenvalue weighted by Crippen LogP contribution is -2.14. The summed E-state index contributed by atoms with van der Waals surface area (Å²) < 4.78 is 5.10. The predicted octanol–water partition coefficient (Wildman–Crippen LogP) is 3.86. The number of halogens is 1. The minimum absolute atomic E-state index is 0.273. The molecule has 1 heterocycles. The Balaban J connectivity index is 1.70. The number of carbonyl (C=O) groups is 2. The number of ketones is 1. The van der Waals surface area contributed by atoms with E-state index in [2.05, 4.69) is 4.98 Å². The van der Waals surface area contributed by atoms with Crippen molar-refractivity contribution in [2.45, 2.75) is 0 Å². The summed E-state index contributed by atoms with van der Waals surface area (Å²) in [6.45, 7) is -0.306. The quantitative estimate of drug-likeness (QED) is 0.587. The van der Waals surface area contributed by atoms with Crippen LogP contribution < -0.4 is 0 Å². The maximum Gasteiger partial charge on any atom is 0.340 e. The minimum Gasteiger partial charge on any atom is -0.454 e. The third-order valence-corrected chi connectivity index (χ3v) is 3.56. The van der Waals surface area contributed by atoms with Gasteiger partial charge in [0.05, 0.1) is 5.56 Å². The van der Waals surface area contributed by atoms with Crippen molar-refractivity contribution in [3.05, 3.63) is 70.9 Å². The van der Waals surface area contributed by atoms with Gasteiger partial charge in [0.25, 0.3) is 0 Å². The van der Waals surface area contributed by atoms with Crippen LogP contribution in [0.1, 0.15) is 20.7 Å². The first-order valence-corrected chi connectivity index (χ1v) is 7.05. The molecule has 0 bridgehead atoms. The number of aromatic nitrogens is 1. The van der Waals surface area contributed by atoms with E-state index in [0.717, 1.165) is 10.9 Å². The normalized spacial score (nSPS) is 10.6. The fraction of sp³-hybridized carbons (Fsp3) is 0.0588. The highest BCUT2D eigenvalue weighted by molar-refractivity contribution is 6.30. The zero-order valence-corrected chi connectivity index (χ0v) is 12.3. The lowest BCUT2D eigenvalue weighted by molar-refractivity contribution is 0.0477. The molecule has 2 aromatic carbocycles. The maximum atomic E-state index is 12.1. The average molecular weight is 314 g/mol. The Morgan fingerprint density at radius 1 is 1.05 bits per heavy atom. The summed E-state index contributed by atoms with van der Waals surface area (Å²) in [5.74, 6) is -0.801. The van der Waals surface area contributed by atoms with Crippen LogP contribution >= 0.6 is 11.6 Å². The molecule has 0 spiro atoms. The Hall–Kier alpha value is -2.59. The number of ether oxygens (including phenoxy) is 1. The van der Waals surface area contributed by atoms with Gasteiger partial charge in [-0.2, -0.15) is 0 Å². The summed E-state index contributed by atoms with van der Waals surface area (Å²) in [4.78, 5) is 27.1. The second-order valence-corrected chi connectivity index (χ2v) is 5.19. The van der Waals surface area contributed by atoms with Gasteiger partial charge in [0, 0.05) is 27.7 Å². The number of benzene rings is 2. The smallest absolute Gasteiger partial charge is 0.340 e. The van der Waals surface area contributed by atoms with Crippen molar-refractivity contribution in [1.29, 1.82) is 0 Å². The molecule has 0 radical (unpaired) electrons. The van der Waals surface area contributed by atoms with Gasteiger partial charge in [-0.3, -0.25) is 4.79 Å². The van der Waals surface area contributed by atoms with Gasteiger partial charge >= 0.3 is 5.97 Å². The Bertz CT molecular complexity index is 836. The van der Waals surface area contributed by atoms with Crippen molar-refractivity contribution >= 4 is 34.3 Å². The molecule has 0 amide bonds. The molecule has 0 unspecified atom stereocenters. The Kier molecular flexibility index (Phi) is 3.94. The van der Waals surface area contributed by atoms with Gasteiger partial charge < -0.3 is 9.72 Å². The first kappa shape index (κ1) is 14.4. The molecule has 3 rings (SSSR count). The van der Waals surface area contributed by atoms with Crippen LogP contribution in [0.25, 0.3) is 10.9 Å². The molecule has 4 nitrogen and oxygen atoms in total. The zero-order valence-electron chi connectivity index (χ0n) is 11.5. The van der Waals surface area contributed by atoms with E-state index in [9.17, 15) is 9.59 Å². The van der Waals surface area contributed by atoms with Crippen LogP contribution in [0.2, 0.25) is 5.02 Å². The lowest BCUT2D eigenvalue weighted by atomic mass is 10.1. The highest BCUT2D eigenvalue weighted by atomic mass is 35.5. The molecule has 0 aliphatic heterocycles. The van der Waals surface area contributed by atoms with Crippen LogP contribution in [0.15, 0.2) is 54.7 Å². The molecule has 1 N–H and O–H groups in total. The molecule has 5 heteroatoms. The standard InChI is InChI=1S/C17H12ClNO3/c18-12-7-5-11(6-8-12)16(20)10-22-17(21)14-9-19-15-4-2-1-3-13(14)15/h1-9,19H,10H2. The van der Waals surface area contributed by atoms with Gasteiger partial charge in [0.2, 0.25) is 0 Å². The molecule has 0 atom stereocenters.